The highest BCUT2D eigenvalue weighted by molar-refractivity contribution is 7.12. The quantitative estimate of drug-likeness (QED) is 0.356. The van der Waals surface area contributed by atoms with E-state index in [9.17, 15) is 9.18 Å². The van der Waals surface area contributed by atoms with Crippen molar-refractivity contribution in [3.05, 3.63) is 75.2 Å². The first kappa shape index (κ1) is 24.0. The predicted molar refractivity (Wildman–Crippen MR) is 137 cm³/mol. The summed E-state index contributed by atoms with van der Waals surface area (Å²) in [5, 5.41) is 3.59. The van der Waals surface area contributed by atoms with Crippen molar-refractivity contribution < 1.29 is 18.7 Å². The van der Waals surface area contributed by atoms with Crippen LogP contribution in [0.4, 0.5) is 10.1 Å². The van der Waals surface area contributed by atoms with E-state index in [1.807, 2.05) is 45.0 Å². The van der Waals surface area contributed by atoms with Gasteiger partial charge in [-0.05, 0) is 83.0 Å². The summed E-state index contributed by atoms with van der Waals surface area (Å²) in [4.78, 5) is 13.7. The topological polar surface area (TPSA) is 47.6 Å². The molecule has 2 heterocycles. The highest BCUT2D eigenvalue weighted by atomic mass is 32.1. The highest BCUT2D eigenvalue weighted by Gasteiger charge is 2.32. The summed E-state index contributed by atoms with van der Waals surface area (Å²) >= 11 is 1.59. The lowest BCUT2D eigenvalue weighted by Crippen LogP contribution is -2.32. The number of benzene rings is 2. The normalized spacial score (nSPS) is 15.2. The van der Waals surface area contributed by atoms with E-state index in [-0.39, 0.29) is 17.5 Å². The maximum absolute atomic E-state index is 14.2. The summed E-state index contributed by atoms with van der Waals surface area (Å²) in [7, 11) is 0. The maximum Gasteiger partial charge on any atom is 0.294 e. The monoisotopic (exact) mass is 479 g/mol. The molecule has 0 fully saturated rings. The van der Waals surface area contributed by atoms with Crippen LogP contribution >= 0.6 is 11.3 Å². The number of rotatable bonds is 7. The molecular weight excluding hydrogens is 449 g/mol. The summed E-state index contributed by atoms with van der Waals surface area (Å²) in [6.07, 6.45) is 1.42. The number of allylic oxidation sites excluding steroid dienone is 1. The smallest absolute Gasteiger partial charge is 0.294 e. The molecule has 0 saturated carbocycles. The van der Waals surface area contributed by atoms with Crippen molar-refractivity contribution in [1.29, 1.82) is 0 Å². The molecule has 4 rings (SSSR count). The molecule has 0 spiro atoms. The van der Waals surface area contributed by atoms with Crippen molar-refractivity contribution in [2.75, 3.05) is 5.32 Å². The van der Waals surface area contributed by atoms with E-state index in [0.717, 1.165) is 43.3 Å². The molecule has 0 bridgehead atoms. The number of aryl methyl sites for hydroxylation is 1. The molecule has 0 amide bonds. The summed E-state index contributed by atoms with van der Waals surface area (Å²) in [6.45, 7) is 12.6. The minimum Gasteiger partial charge on any atom is -0.490 e. The van der Waals surface area contributed by atoms with E-state index in [1.165, 1.54) is 12.1 Å². The van der Waals surface area contributed by atoms with Gasteiger partial charge in [0.05, 0.1) is 11.6 Å². The molecule has 1 atom stereocenters. The Bertz CT molecular complexity index is 1260. The van der Waals surface area contributed by atoms with Crippen molar-refractivity contribution in [2.24, 2.45) is 0 Å². The lowest BCUT2D eigenvalue weighted by Gasteiger charge is -2.34. The van der Waals surface area contributed by atoms with Gasteiger partial charge in [0.2, 0.25) is 0 Å². The molecule has 1 unspecified atom stereocenters. The highest BCUT2D eigenvalue weighted by Crippen LogP contribution is 2.48. The van der Waals surface area contributed by atoms with Gasteiger partial charge >= 0.3 is 0 Å². The van der Waals surface area contributed by atoms with Crippen LogP contribution in [0.1, 0.15) is 61.6 Å². The number of carbonyl (C=O) groups is 1. The Hall–Kier alpha value is -3.12. The first-order chi connectivity index (χ1) is 16.1. The molecule has 0 saturated heterocycles. The molecule has 4 nitrogen and oxygen atoms in total. The summed E-state index contributed by atoms with van der Waals surface area (Å²) in [5.41, 5.74) is 5.23. The first-order valence-electron chi connectivity index (χ1n) is 11.4. The van der Waals surface area contributed by atoms with Gasteiger partial charge in [0, 0.05) is 38.2 Å². The van der Waals surface area contributed by atoms with Crippen LogP contribution in [0.2, 0.25) is 0 Å². The standard InChI is InChI=1S/C28H30FNO3S/c1-16(2)33-23-13-19(29)8-9-20(23)21-10-11-22-25(17(3)14-28(5,6)30-22)26(21)27(32-15-31)24-12-7-18(4)34-24/h7-16,27,30H,1-6H3. The summed E-state index contributed by atoms with van der Waals surface area (Å²) in [6, 6.07) is 12.6. The van der Waals surface area contributed by atoms with Crippen LogP contribution < -0.4 is 10.1 Å². The number of thiophene rings is 1. The van der Waals surface area contributed by atoms with Crippen LogP contribution in [0.3, 0.4) is 0 Å². The Labute approximate surface area is 204 Å². The molecule has 3 aromatic rings. The van der Waals surface area contributed by atoms with Gasteiger partial charge in [-0.25, -0.2) is 4.39 Å². The number of nitrogens with one attached hydrogen (secondary N) is 1. The van der Waals surface area contributed by atoms with Gasteiger partial charge in [0.15, 0.2) is 6.10 Å². The fourth-order valence-electron chi connectivity index (χ4n) is 4.65. The van der Waals surface area contributed by atoms with Crippen LogP contribution in [0.25, 0.3) is 16.7 Å². The average Bonchev–Trinajstić information content (AvgIpc) is 3.16. The molecule has 1 aliphatic rings. The van der Waals surface area contributed by atoms with Crippen molar-refractivity contribution in [1.82, 2.24) is 0 Å². The molecular formula is C28H30FNO3S. The van der Waals surface area contributed by atoms with Gasteiger partial charge < -0.3 is 14.8 Å². The Morgan fingerprint density at radius 2 is 1.79 bits per heavy atom. The molecule has 0 radical (unpaired) electrons. The molecule has 1 aromatic heterocycles. The summed E-state index contributed by atoms with van der Waals surface area (Å²) in [5.74, 6) is 0.0853. The minimum absolute atomic E-state index is 0.132. The minimum atomic E-state index is -0.621. The third-order valence-corrected chi connectivity index (χ3v) is 6.79. The van der Waals surface area contributed by atoms with E-state index >= 15 is 0 Å². The van der Waals surface area contributed by atoms with Crippen LogP contribution in [-0.2, 0) is 9.53 Å². The van der Waals surface area contributed by atoms with Crippen LogP contribution in [-0.4, -0.2) is 18.1 Å². The average molecular weight is 480 g/mol. The molecule has 0 aliphatic carbocycles. The Kier molecular flexibility index (Phi) is 6.54. The lowest BCUT2D eigenvalue weighted by atomic mass is 9.82. The van der Waals surface area contributed by atoms with Gasteiger partial charge in [-0.1, -0.05) is 12.1 Å². The Morgan fingerprint density at radius 1 is 1.06 bits per heavy atom. The number of hydrogen-bond acceptors (Lipinski definition) is 5. The zero-order chi connectivity index (χ0) is 24.6. The van der Waals surface area contributed by atoms with Crippen molar-refractivity contribution in [3.8, 4) is 16.9 Å². The molecule has 1 N–H and O–H groups in total. The van der Waals surface area contributed by atoms with Gasteiger partial charge in [0.25, 0.3) is 6.47 Å². The van der Waals surface area contributed by atoms with Crippen LogP contribution in [0.15, 0.2) is 48.5 Å². The van der Waals surface area contributed by atoms with E-state index in [4.69, 9.17) is 9.47 Å². The fraction of sp³-hybridized carbons (Fsp3) is 0.321. The number of halogens is 1. The zero-order valence-electron chi connectivity index (χ0n) is 20.4. The molecule has 2 aromatic carbocycles. The summed E-state index contributed by atoms with van der Waals surface area (Å²) < 4.78 is 26.0. The third-order valence-electron chi connectivity index (χ3n) is 5.74. The second-order valence-electron chi connectivity index (χ2n) is 9.49. The number of fused-ring (bicyclic) bond motifs is 1. The Balaban J connectivity index is 2.05. The van der Waals surface area contributed by atoms with Crippen molar-refractivity contribution in [2.45, 2.75) is 59.3 Å². The number of anilines is 1. The Morgan fingerprint density at radius 3 is 2.44 bits per heavy atom. The first-order valence-corrected chi connectivity index (χ1v) is 12.2. The van der Waals surface area contributed by atoms with E-state index in [1.54, 1.807) is 17.4 Å². The zero-order valence-corrected chi connectivity index (χ0v) is 21.2. The van der Waals surface area contributed by atoms with Gasteiger partial charge in [-0.15, -0.1) is 11.3 Å². The van der Waals surface area contributed by atoms with Gasteiger partial charge in [0.1, 0.15) is 11.6 Å². The lowest BCUT2D eigenvalue weighted by molar-refractivity contribution is -0.132. The van der Waals surface area contributed by atoms with Gasteiger partial charge in [-0.3, -0.25) is 4.79 Å². The van der Waals surface area contributed by atoms with Crippen molar-refractivity contribution in [3.63, 3.8) is 0 Å². The molecule has 1 aliphatic heterocycles. The predicted octanol–water partition coefficient (Wildman–Crippen LogP) is 7.52. The van der Waals surface area contributed by atoms with E-state index in [2.05, 4.69) is 32.2 Å². The number of hydrogen-bond donors (Lipinski definition) is 1. The van der Waals surface area contributed by atoms with E-state index in [0.29, 0.717) is 12.2 Å². The largest absolute Gasteiger partial charge is 0.490 e. The van der Waals surface area contributed by atoms with E-state index < -0.39 is 6.10 Å². The second kappa shape index (κ2) is 9.26. The van der Waals surface area contributed by atoms with Crippen molar-refractivity contribution >= 4 is 29.1 Å². The van der Waals surface area contributed by atoms with Crippen LogP contribution in [0.5, 0.6) is 5.75 Å². The molecule has 34 heavy (non-hydrogen) atoms. The second-order valence-corrected chi connectivity index (χ2v) is 10.8. The van der Waals surface area contributed by atoms with Crippen LogP contribution in [0, 0.1) is 12.7 Å². The SMILES string of the molecule is CC1=CC(C)(C)Nc2ccc(-c3ccc(F)cc3OC(C)C)c(C(OC=O)c3ccc(C)s3)c21. The third kappa shape index (κ3) is 4.73. The fourth-order valence-corrected chi connectivity index (χ4v) is 5.57. The maximum atomic E-state index is 14.2. The molecule has 6 heteroatoms. The number of carbonyl (C=O) groups excluding carboxylic acids is 1. The number of ether oxygens (including phenoxy) is 2. The van der Waals surface area contributed by atoms with Gasteiger partial charge in [-0.2, -0.15) is 0 Å². The molecule has 178 valence electrons.